The van der Waals surface area contributed by atoms with Crippen LogP contribution in [0.4, 0.5) is 10.1 Å². The van der Waals surface area contributed by atoms with Crippen LogP contribution < -0.4 is 5.32 Å². The summed E-state index contributed by atoms with van der Waals surface area (Å²) >= 11 is 1.56. The Labute approximate surface area is 125 Å². The molecular weight excluding hydrogens is 287 g/mol. The van der Waals surface area contributed by atoms with Gasteiger partial charge in [-0.05, 0) is 44.2 Å². The van der Waals surface area contributed by atoms with E-state index < -0.39 is 11.7 Å². The summed E-state index contributed by atoms with van der Waals surface area (Å²) in [6.07, 6.45) is 0. The van der Waals surface area contributed by atoms with Crippen molar-refractivity contribution < 1.29 is 9.18 Å². The number of rotatable bonds is 2. The van der Waals surface area contributed by atoms with Crippen LogP contribution in [-0.2, 0) is 0 Å². The van der Waals surface area contributed by atoms with Gasteiger partial charge in [-0.2, -0.15) is 0 Å². The van der Waals surface area contributed by atoms with Gasteiger partial charge in [0, 0.05) is 5.69 Å². The van der Waals surface area contributed by atoms with Crippen LogP contribution in [0, 0.1) is 19.7 Å². The first kappa shape index (κ1) is 13.7. The van der Waals surface area contributed by atoms with Crippen LogP contribution in [0.1, 0.15) is 20.9 Å². The first-order valence-corrected chi connectivity index (χ1v) is 7.29. The molecule has 106 valence electrons. The number of halogens is 1. The Morgan fingerprint density at radius 1 is 1.19 bits per heavy atom. The number of nitrogens with zero attached hydrogens (tertiary/aromatic N) is 1. The molecule has 0 spiro atoms. The maximum atomic E-state index is 13.7. The summed E-state index contributed by atoms with van der Waals surface area (Å²) in [6.45, 7) is 3.76. The Hall–Kier alpha value is -2.27. The number of thiazole rings is 1. The Kier molecular flexibility index (Phi) is 3.43. The second-order valence-electron chi connectivity index (χ2n) is 4.85. The van der Waals surface area contributed by atoms with E-state index in [1.165, 1.54) is 6.07 Å². The van der Waals surface area contributed by atoms with Gasteiger partial charge < -0.3 is 5.32 Å². The molecule has 0 radical (unpaired) electrons. The molecule has 0 unspecified atom stereocenters. The molecule has 3 aromatic rings. The third kappa shape index (κ3) is 2.78. The van der Waals surface area contributed by atoms with Gasteiger partial charge in [-0.15, -0.1) is 11.3 Å². The van der Waals surface area contributed by atoms with Crippen molar-refractivity contribution in [2.24, 2.45) is 0 Å². The van der Waals surface area contributed by atoms with E-state index >= 15 is 0 Å². The second kappa shape index (κ2) is 5.26. The third-order valence-electron chi connectivity index (χ3n) is 3.12. The smallest absolute Gasteiger partial charge is 0.258 e. The van der Waals surface area contributed by atoms with Crippen LogP contribution in [0.3, 0.4) is 0 Å². The van der Waals surface area contributed by atoms with Crippen LogP contribution in [0.5, 0.6) is 0 Å². The number of fused-ring (bicyclic) bond motifs is 1. The Morgan fingerprint density at radius 3 is 2.81 bits per heavy atom. The number of aromatic nitrogens is 1. The summed E-state index contributed by atoms with van der Waals surface area (Å²) in [6, 6.07) is 9.96. The fourth-order valence-corrected chi connectivity index (χ4v) is 3.00. The monoisotopic (exact) mass is 300 g/mol. The minimum absolute atomic E-state index is 0.0515. The lowest BCUT2D eigenvalue weighted by atomic mass is 10.1. The predicted octanol–water partition coefficient (Wildman–Crippen LogP) is 4.30. The van der Waals surface area contributed by atoms with E-state index in [1.807, 2.05) is 26.0 Å². The molecule has 0 aliphatic heterocycles. The van der Waals surface area contributed by atoms with Gasteiger partial charge in [0.05, 0.1) is 20.8 Å². The highest BCUT2D eigenvalue weighted by Gasteiger charge is 2.12. The zero-order valence-electron chi connectivity index (χ0n) is 11.6. The zero-order valence-corrected chi connectivity index (χ0v) is 12.4. The van der Waals surface area contributed by atoms with Crippen molar-refractivity contribution in [1.29, 1.82) is 0 Å². The number of nitrogens with one attached hydrogen (secondary N) is 1. The summed E-state index contributed by atoms with van der Waals surface area (Å²) in [4.78, 5) is 16.5. The molecular formula is C16H13FN2OS. The average Bonchev–Trinajstić information content (AvgIpc) is 2.80. The zero-order chi connectivity index (χ0) is 15.0. The summed E-state index contributed by atoms with van der Waals surface area (Å²) in [5.41, 5.74) is 2.43. The molecule has 3 nitrogen and oxygen atoms in total. The van der Waals surface area contributed by atoms with Crippen LogP contribution in [0.2, 0.25) is 0 Å². The van der Waals surface area contributed by atoms with Gasteiger partial charge in [0.25, 0.3) is 5.91 Å². The number of amides is 1. The number of anilines is 1. The molecule has 0 fully saturated rings. The summed E-state index contributed by atoms with van der Waals surface area (Å²) in [7, 11) is 0. The molecule has 1 amide bonds. The molecule has 0 atom stereocenters. The molecule has 0 saturated carbocycles. The molecule has 0 saturated heterocycles. The van der Waals surface area contributed by atoms with Crippen molar-refractivity contribution in [2.45, 2.75) is 13.8 Å². The number of carbonyl (C=O) groups is 1. The highest BCUT2D eigenvalue weighted by atomic mass is 32.1. The largest absolute Gasteiger partial charge is 0.322 e. The Bertz CT molecular complexity index is 841. The number of hydrogen-bond donors (Lipinski definition) is 1. The molecule has 1 aromatic heterocycles. The van der Waals surface area contributed by atoms with Crippen LogP contribution in [-0.4, -0.2) is 10.9 Å². The van der Waals surface area contributed by atoms with E-state index in [1.54, 1.807) is 29.5 Å². The predicted molar refractivity (Wildman–Crippen MR) is 83.4 cm³/mol. The van der Waals surface area contributed by atoms with E-state index in [0.717, 1.165) is 20.8 Å². The molecule has 2 aromatic carbocycles. The maximum absolute atomic E-state index is 13.7. The van der Waals surface area contributed by atoms with Crippen LogP contribution >= 0.6 is 11.3 Å². The van der Waals surface area contributed by atoms with Crippen molar-refractivity contribution >= 4 is 33.1 Å². The standard InChI is InChI=1S/C16H13FN2OS/c1-9-3-5-13(17)12(7-9)16(20)19-11-4-6-14-15(8-11)21-10(2)18-14/h3-8H,1-2H3,(H,19,20). The molecule has 0 aliphatic carbocycles. The molecule has 1 heterocycles. The minimum atomic E-state index is -0.521. The Morgan fingerprint density at radius 2 is 2.00 bits per heavy atom. The summed E-state index contributed by atoms with van der Waals surface area (Å²) in [5, 5.41) is 3.70. The highest BCUT2D eigenvalue weighted by molar-refractivity contribution is 7.18. The van der Waals surface area contributed by atoms with Crippen molar-refractivity contribution in [3.05, 3.63) is 58.3 Å². The van der Waals surface area contributed by atoms with Gasteiger partial charge >= 0.3 is 0 Å². The minimum Gasteiger partial charge on any atom is -0.322 e. The highest BCUT2D eigenvalue weighted by Crippen LogP contribution is 2.25. The molecule has 0 bridgehead atoms. The lowest BCUT2D eigenvalue weighted by Gasteiger charge is -2.07. The van der Waals surface area contributed by atoms with Crippen molar-refractivity contribution in [2.75, 3.05) is 5.32 Å². The van der Waals surface area contributed by atoms with E-state index in [-0.39, 0.29) is 5.56 Å². The van der Waals surface area contributed by atoms with Gasteiger partial charge in [-0.25, -0.2) is 9.37 Å². The first-order valence-electron chi connectivity index (χ1n) is 6.47. The molecule has 21 heavy (non-hydrogen) atoms. The number of hydrogen-bond acceptors (Lipinski definition) is 3. The average molecular weight is 300 g/mol. The van der Waals surface area contributed by atoms with Gasteiger partial charge in [0.1, 0.15) is 5.82 Å². The number of benzene rings is 2. The van der Waals surface area contributed by atoms with E-state index in [2.05, 4.69) is 10.3 Å². The van der Waals surface area contributed by atoms with Gasteiger partial charge in [-0.3, -0.25) is 4.79 Å². The quantitative estimate of drug-likeness (QED) is 0.766. The number of carbonyl (C=O) groups excluding carboxylic acids is 1. The molecule has 1 N–H and O–H groups in total. The van der Waals surface area contributed by atoms with Gasteiger partial charge in [0.15, 0.2) is 0 Å². The summed E-state index contributed by atoms with van der Waals surface area (Å²) in [5.74, 6) is -0.968. The van der Waals surface area contributed by atoms with E-state index in [0.29, 0.717) is 5.69 Å². The fourth-order valence-electron chi connectivity index (χ4n) is 2.13. The first-order chi connectivity index (χ1) is 10.0. The van der Waals surface area contributed by atoms with Gasteiger partial charge in [-0.1, -0.05) is 11.6 Å². The topological polar surface area (TPSA) is 42.0 Å². The lowest BCUT2D eigenvalue weighted by Crippen LogP contribution is -2.13. The molecule has 0 aliphatic rings. The number of aryl methyl sites for hydroxylation is 2. The van der Waals surface area contributed by atoms with E-state index in [9.17, 15) is 9.18 Å². The Balaban J connectivity index is 1.90. The normalized spacial score (nSPS) is 10.8. The molecule has 5 heteroatoms. The van der Waals surface area contributed by atoms with Crippen LogP contribution in [0.25, 0.3) is 10.2 Å². The second-order valence-corrected chi connectivity index (χ2v) is 6.09. The lowest BCUT2D eigenvalue weighted by molar-refractivity contribution is 0.102. The van der Waals surface area contributed by atoms with Crippen LogP contribution in [0.15, 0.2) is 36.4 Å². The fraction of sp³-hybridized carbons (Fsp3) is 0.125. The summed E-state index contributed by atoms with van der Waals surface area (Å²) < 4.78 is 14.7. The third-order valence-corrected chi connectivity index (χ3v) is 4.05. The van der Waals surface area contributed by atoms with Crippen molar-refractivity contribution in [1.82, 2.24) is 4.98 Å². The SMILES string of the molecule is Cc1ccc(F)c(C(=O)Nc2ccc3nc(C)sc3c2)c1. The molecule has 3 rings (SSSR count). The van der Waals surface area contributed by atoms with E-state index in [4.69, 9.17) is 0 Å². The van der Waals surface area contributed by atoms with Gasteiger partial charge in [0.2, 0.25) is 0 Å². The maximum Gasteiger partial charge on any atom is 0.258 e. The van der Waals surface area contributed by atoms with Crippen molar-refractivity contribution in [3.8, 4) is 0 Å². The van der Waals surface area contributed by atoms with Crippen molar-refractivity contribution in [3.63, 3.8) is 0 Å².